The second-order valence-corrected chi connectivity index (χ2v) is 5.37. The van der Waals surface area contributed by atoms with Crippen LogP contribution in [-0.2, 0) is 4.79 Å². The van der Waals surface area contributed by atoms with Gasteiger partial charge in [-0.05, 0) is 37.7 Å². The molecule has 0 aromatic rings. The Kier molecular flexibility index (Phi) is 6.24. The van der Waals surface area contributed by atoms with E-state index in [1.54, 1.807) is 4.90 Å². The lowest BCUT2D eigenvalue weighted by atomic mass is 10.0. The van der Waals surface area contributed by atoms with Crippen molar-refractivity contribution in [3.63, 3.8) is 0 Å². The third kappa shape index (κ3) is 6.46. The Labute approximate surface area is 108 Å². The van der Waals surface area contributed by atoms with E-state index in [0.29, 0.717) is 0 Å². The van der Waals surface area contributed by atoms with Gasteiger partial charge in [0.05, 0.1) is 6.54 Å². The first-order chi connectivity index (χ1) is 8.38. The summed E-state index contributed by atoms with van der Waals surface area (Å²) in [6, 6.07) is 0.146. The van der Waals surface area contributed by atoms with Crippen LogP contribution in [-0.4, -0.2) is 54.3 Å². The largest absolute Gasteiger partial charge is 0.441 e. The van der Waals surface area contributed by atoms with E-state index < -0.39 is 11.4 Å². The highest BCUT2D eigenvalue weighted by molar-refractivity contribution is 8.00. The van der Waals surface area contributed by atoms with Crippen molar-refractivity contribution in [2.75, 3.05) is 31.9 Å². The van der Waals surface area contributed by atoms with Crippen LogP contribution < -0.4 is 11.1 Å². The Morgan fingerprint density at radius 3 is 2.50 bits per heavy atom. The number of nitrogens with one attached hydrogen (secondary N) is 1. The maximum absolute atomic E-state index is 12.1. The molecule has 0 saturated carbocycles. The summed E-state index contributed by atoms with van der Waals surface area (Å²) in [7, 11) is 0. The van der Waals surface area contributed by atoms with Gasteiger partial charge in [0.25, 0.3) is 0 Å². The van der Waals surface area contributed by atoms with Gasteiger partial charge in [0, 0.05) is 18.3 Å². The van der Waals surface area contributed by atoms with E-state index in [4.69, 9.17) is 5.73 Å². The van der Waals surface area contributed by atoms with Crippen molar-refractivity contribution in [1.82, 2.24) is 10.2 Å². The van der Waals surface area contributed by atoms with Crippen LogP contribution in [0.15, 0.2) is 0 Å². The molecule has 18 heavy (non-hydrogen) atoms. The highest BCUT2D eigenvalue weighted by Crippen LogP contribution is 2.30. The summed E-state index contributed by atoms with van der Waals surface area (Å²) in [6.45, 7) is 1.92. The van der Waals surface area contributed by atoms with Gasteiger partial charge < -0.3 is 11.1 Å². The number of carbonyl (C=O) groups excluding carboxylic acids is 1. The number of alkyl halides is 3. The monoisotopic (exact) mass is 285 g/mol. The molecule has 1 fully saturated rings. The molecule has 1 heterocycles. The highest BCUT2D eigenvalue weighted by atomic mass is 32.2. The molecular formula is C10H18F3N3OS. The Hall–Kier alpha value is -0.470. The van der Waals surface area contributed by atoms with E-state index in [2.05, 4.69) is 5.32 Å². The maximum Gasteiger partial charge on any atom is 0.441 e. The zero-order valence-corrected chi connectivity index (χ0v) is 10.8. The van der Waals surface area contributed by atoms with Crippen molar-refractivity contribution in [2.24, 2.45) is 5.73 Å². The maximum atomic E-state index is 12.1. The molecule has 0 radical (unpaired) electrons. The molecule has 1 rings (SSSR count). The summed E-state index contributed by atoms with van der Waals surface area (Å²) in [5, 5.41) is 3.18. The van der Waals surface area contributed by atoms with Crippen LogP contribution in [0.2, 0.25) is 0 Å². The van der Waals surface area contributed by atoms with Crippen LogP contribution in [0.25, 0.3) is 0 Å². The molecule has 0 atom stereocenters. The zero-order chi connectivity index (χ0) is 13.6. The fraction of sp³-hybridized carbons (Fsp3) is 0.900. The first-order valence-corrected chi connectivity index (χ1v) is 6.81. The van der Waals surface area contributed by atoms with Crippen LogP contribution in [0.1, 0.15) is 12.8 Å². The number of nitrogens with zero attached hydrogens (tertiary/aromatic N) is 1. The number of thioether (sulfide) groups is 1. The molecule has 0 spiro atoms. The Balaban J connectivity index is 2.41. The third-order valence-corrected chi connectivity index (χ3v) is 3.54. The van der Waals surface area contributed by atoms with Crippen molar-refractivity contribution in [3.8, 4) is 0 Å². The quantitative estimate of drug-likeness (QED) is 0.757. The standard InChI is InChI=1S/C10H18F3N3OS/c11-10(12,13)18-6-5-16(7-9(14)17)8-1-3-15-4-2-8/h8,15H,1-7H2,(H2,14,17). The number of primary amides is 1. The molecule has 0 aromatic heterocycles. The van der Waals surface area contributed by atoms with Crippen molar-refractivity contribution in [2.45, 2.75) is 24.4 Å². The van der Waals surface area contributed by atoms with E-state index in [0.717, 1.165) is 25.9 Å². The Morgan fingerprint density at radius 2 is 2.00 bits per heavy atom. The predicted molar refractivity (Wildman–Crippen MR) is 65.2 cm³/mol. The van der Waals surface area contributed by atoms with Crippen molar-refractivity contribution in [1.29, 1.82) is 0 Å². The van der Waals surface area contributed by atoms with E-state index in [-0.39, 0.29) is 36.6 Å². The van der Waals surface area contributed by atoms with Gasteiger partial charge in [-0.15, -0.1) is 0 Å². The van der Waals surface area contributed by atoms with Gasteiger partial charge in [-0.1, -0.05) is 0 Å². The number of rotatable bonds is 6. The smallest absolute Gasteiger partial charge is 0.369 e. The average Bonchev–Trinajstić information content (AvgIpc) is 2.27. The second kappa shape index (κ2) is 7.20. The van der Waals surface area contributed by atoms with Gasteiger partial charge in [0.2, 0.25) is 5.91 Å². The van der Waals surface area contributed by atoms with Crippen LogP contribution in [0.4, 0.5) is 13.2 Å². The van der Waals surface area contributed by atoms with Gasteiger partial charge in [0.1, 0.15) is 0 Å². The molecule has 0 aromatic carbocycles. The molecule has 106 valence electrons. The van der Waals surface area contributed by atoms with Crippen LogP contribution in [0, 0.1) is 0 Å². The first kappa shape index (κ1) is 15.6. The molecule has 1 aliphatic heterocycles. The summed E-state index contributed by atoms with van der Waals surface area (Å²) in [5.74, 6) is -0.564. The van der Waals surface area contributed by atoms with Crippen molar-refractivity contribution in [3.05, 3.63) is 0 Å². The second-order valence-electron chi connectivity index (χ2n) is 4.21. The van der Waals surface area contributed by atoms with Crippen LogP contribution in [0.5, 0.6) is 0 Å². The van der Waals surface area contributed by atoms with E-state index in [9.17, 15) is 18.0 Å². The minimum absolute atomic E-state index is 0.0308. The summed E-state index contributed by atoms with van der Waals surface area (Å²) < 4.78 is 36.2. The molecule has 0 aliphatic carbocycles. The molecule has 4 nitrogen and oxygen atoms in total. The van der Waals surface area contributed by atoms with Gasteiger partial charge in [-0.2, -0.15) is 13.2 Å². The van der Waals surface area contributed by atoms with E-state index in [1.165, 1.54) is 0 Å². The van der Waals surface area contributed by atoms with Gasteiger partial charge in [0.15, 0.2) is 0 Å². The predicted octanol–water partition coefficient (Wildman–Crippen LogP) is 0.779. The fourth-order valence-electron chi connectivity index (χ4n) is 2.04. The fourth-order valence-corrected chi connectivity index (χ4v) is 2.60. The zero-order valence-electron chi connectivity index (χ0n) is 10.0. The van der Waals surface area contributed by atoms with Crippen LogP contribution in [0.3, 0.4) is 0 Å². The van der Waals surface area contributed by atoms with E-state index >= 15 is 0 Å². The van der Waals surface area contributed by atoms with Gasteiger partial charge in [-0.25, -0.2) is 0 Å². The first-order valence-electron chi connectivity index (χ1n) is 5.82. The number of halogens is 3. The topological polar surface area (TPSA) is 58.4 Å². The summed E-state index contributed by atoms with van der Waals surface area (Å²) in [6.07, 6.45) is 1.67. The Bertz CT molecular complexity index is 270. The van der Waals surface area contributed by atoms with Gasteiger partial charge in [-0.3, -0.25) is 9.69 Å². The number of amides is 1. The minimum Gasteiger partial charge on any atom is -0.369 e. The SMILES string of the molecule is NC(=O)CN(CCSC(F)(F)F)C1CCNCC1. The lowest BCUT2D eigenvalue weighted by Gasteiger charge is -2.33. The van der Waals surface area contributed by atoms with Crippen molar-refractivity contribution >= 4 is 17.7 Å². The molecule has 8 heteroatoms. The van der Waals surface area contributed by atoms with Crippen molar-refractivity contribution < 1.29 is 18.0 Å². The molecule has 0 unspecified atom stereocenters. The normalized spacial score (nSPS) is 18.2. The molecule has 1 saturated heterocycles. The number of nitrogens with two attached hydrogens (primary N) is 1. The third-order valence-electron chi connectivity index (χ3n) is 2.83. The highest BCUT2D eigenvalue weighted by Gasteiger charge is 2.29. The summed E-state index contributed by atoms with van der Waals surface area (Å²) in [4.78, 5) is 12.7. The lowest BCUT2D eigenvalue weighted by molar-refractivity contribution is -0.119. The lowest BCUT2D eigenvalue weighted by Crippen LogP contribution is -2.47. The Morgan fingerprint density at radius 1 is 1.39 bits per heavy atom. The molecule has 1 aliphatic rings. The molecule has 0 bridgehead atoms. The van der Waals surface area contributed by atoms with Gasteiger partial charge >= 0.3 is 5.51 Å². The molecular weight excluding hydrogens is 267 g/mol. The number of hydrogen-bond acceptors (Lipinski definition) is 4. The number of piperidine rings is 1. The minimum atomic E-state index is -4.22. The average molecular weight is 285 g/mol. The molecule has 1 amide bonds. The summed E-state index contributed by atoms with van der Waals surface area (Å²) >= 11 is -0.0564. The summed E-state index contributed by atoms with van der Waals surface area (Å²) in [5.41, 5.74) is 0.917. The van der Waals surface area contributed by atoms with Crippen LogP contribution >= 0.6 is 11.8 Å². The molecule has 3 N–H and O–H groups in total. The number of carbonyl (C=O) groups is 1. The van der Waals surface area contributed by atoms with E-state index in [1.807, 2.05) is 0 Å². The number of hydrogen-bond donors (Lipinski definition) is 2.